The van der Waals surface area contributed by atoms with Crippen molar-refractivity contribution in [2.75, 3.05) is 25.0 Å². The number of piperidine rings is 1. The van der Waals surface area contributed by atoms with Crippen molar-refractivity contribution in [2.24, 2.45) is 5.92 Å². The highest BCUT2D eigenvalue weighted by atomic mass is 35.5. The van der Waals surface area contributed by atoms with Gasteiger partial charge in [0.05, 0.1) is 16.1 Å². The van der Waals surface area contributed by atoms with Crippen molar-refractivity contribution >= 4 is 45.7 Å². The molecule has 4 aromatic rings. The van der Waals surface area contributed by atoms with Gasteiger partial charge in [-0.25, -0.2) is 19.3 Å². The Morgan fingerprint density at radius 1 is 1.38 bits per heavy atom. The normalized spacial score (nSPS) is 16.4. The molecule has 0 spiro atoms. The van der Waals surface area contributed by atoms with Gasteiger partial charge < -0.3 is 15.2 Å². The Hall–Kier alpha value is -3.04. The molecule has 2 N–H and O–H groups in total. The number of hydrogen-bond donors (Lipinski definition) is 2. The van der Waals surface area contributed by atoms with Crippen LogP contribution >= 0.6 is 22.9 Å². The number of carbonyl (C=O) groups is 1. The molecule has 0 saturated carbocycles. The first kappa shape index (κ1) is 20.8. The molecule has 1 atom stereocenters. The molecule has 10 heteroatoms. The number of anilines is 1. The lowest BCUT2D eigenvalue weighted by molar-refractivity contribution is 0.0685. The highest BCUT2D eigenvalue weighted by Crippen LogP contribution is 2.28. The van der Waals surface area contributed by atoms with Crippen LogP contribution in [0, 0.1) is 11.7 Å². The van der Waals surface area contributed by atoms with E-state index in [1.807, 2.05) is 22.4 Å². The van der Waals surface area contributed by atoms with Gasteiger partial charge in [0.25, 0.3) is 5.91 Å². The highest BCUT2D eigenvalue weighted by molar-refractivity contribution is 7.12. The average molecular weight is 471 g/mol. The summed E-state index contributed by atoms with van der Waals surface area (Å²) in [6.45, 7) is 1.90. The van der Waals surface area contributed by atoms with Crippen molar-refractivity contribution in [3.8, 4) is 11.4 Å². The first-order chi connectivity index (χ1) is 15.6. The summed E-state index contributed by atoms with van der Waals surface area (Å²) in [6.07, 6.45) is 6.34. The third-order valence-electron chi connectivity index (χ3n) is 5.58. The summed E-state index contributed by atoms with van der Waals surface area (Å²) < 4.78 is 14.4. The number of hydrogen-bond acceptors (Lipinski definition) is 6. The second-order valence-corrected chi connectivity index (χ2v) is 9.14. The van der Waals surface area contributed by atoms with Gasteiger partial charge in [0.15, 0.2) is 17.5 Å². The van der Waals surface area contributed by atoms with Gasteiger partial charge in [-0.2, -0.15) is 0 Å². The zero-order chi connectivity index (χ0) is 22.1. The van der Waals surface area contributed by atoms with E-state index in [0.29, 0.717) is 35.1 Å². The van der Waals surface area contributed by atoms with E-state index in [4.69, 9.17) is 11.6 Å². The van der Waals surface area contributed by atoms with E-state index in [-0.39, 0.29) is 17.6 Å². The minimum absolute atomic E-state index is 0.0619. The van der Waals surface area contributed by atoms with Crippen molar-refractivity contribution in [2.45, 2.75) is 12.8 Å². The highest BCUT2D eigenvalue weighted by Gasteiger charge is 2.25. The monoisotopic (exact) mass is 470 g/mol. The molecule has 5 heterocycles. The number of nitrogens with zero attached hydrogens (tertiary/aromatic N) is 4. The average Bonchev–Trinajstić information content (AvgIpc) is 3.48. The second-order valence-electron chi connectivity index (χ2n) is 7.76. The molecule has 1 unspecified atom stereocenters. The van der Waals surface area contributed by atoms with Crippen LogP contribution in [-0.2, 0) is 0 Å². The van der Waals surface area contributed by atoms with Crippen LogP contribution in [0.25, 0.3) is 22.4 Å². The number of pyridine rings is 1. The first-order valence-electron chi connectivity index (χ1n) is 10.3. The molecule has 7 nitrogen and oxygen atoms in total. The number of thiophene rings is 1. The van der Waals surface area contributed by atoms with E-state index in [9.17, 15) is 9.18 Å². The van der Waals surface area contributed by atoms with Crippen molar-refractivity contribution in [3.05, 3.63) is 57.9 Å². The fourth-order valence-corrected chi connectivity index (χ4v) is 4.85. The molecule has 164 valence electrons. The van der Waals surface area contributed by atoms with Gasteiger partial charge in [0.2, 0.25) is 0 Å². The Labute approximate surface area is 192 Å². The lowest BCUT2D eigenvalue weighted by atomic mass is 9.98. The summed E-state index contributed by atoms with van der Waals surface area (Å²) in [7, 11) is 0. The molecule has 4 aromatic heterocycles. The number of rotatable bonds is 5. The molecule has 0 bridgehead atoms. The number of aromatic nitrogens is 4. The zero-order valence-corrected chi connectivity index (χ0v) is 18.6. The predicted octanol–water partition coefficient (Wildman–Crippen LogP) is 4.84. The van der Waals surface area contributed by atoms with Gasteiger partial charge in [0, 0.05) is 43.0 Å². The number of likely N-dealkylation sites (tertiary alicyclic amines) is 1. The predicted molar refractivity (Wildman–Crippen MR) is 124 cm³/mol. The van der Waals surface area contributed by atoms with E-state index >= 15 is 0 Å². The van der Waals surface area contributed by atoms with E-state index in [0.717, 1.165) is 35.8 Å². The molecule has 1 fully saturated rings. The molecule has 1 saturated heterocycles. The Bertz CT molecular complexity index is 1260. The van der Waals surface area contributed by atoms with E-state index in [1.54, 1.807) is 18.5 Å². The summed E-state index contributed by atoms with van der Waals surface area (Å²) in [5.74, 6) is 0.267. The number of carbonyl (C=O) groups excluding carboxylic acids is 1. The SMILES string of the molecule is O=C(c1cccs1)N1CCCC(CNc2nc(-c3c[nH]c4ncc(Cl)cc34)ncc2F)C1. The van der Waals surface area contributed by atoms with Crippen LogP contribution in [0.4, 0.5) is 10.2 Å². The summed E-state index contributed by atoms with van der Waals surface area (Å²) in [5.41, 5.74) is 1.35. The Kier molecular flexibility index (Phi) is 5.75. The van der Waals surface area contributed by atoms with Gasteiger partial charge in [-0.1, -0.05) is 17.7 Å². The van der Waals surface area contributed by atoms with Gasteiger partial charge in [-0.3, -0.25) is 4.79 Å². The summed E-state index contributed by atoms with van der Waals surface area (Å²) in [5, 5.41) is 6.30. The fraction of sp³-hybridized carbons (Fsp3) is 0.273. The minimum Gasteiger partial charge on any atom is -0.367 e. The summed E-state index contributed by atoms with van der Waals surface area (Å²) in [4.78, 5) is 31.1. The number of amides is 1. The van der Waals surface area contributed by atoms with E-state index < -0.39 is 5.82 Å². The molecule has 0 aromatic carbocycles. The van der Waals surface area contributed by atoms with Crippen LogP contribution in [0.2, 0.25) is 5.02 Å². The maximum atomic E-state index is 14.4. The smallest absolute Gasteiger partial charge is 0.263 e. The quantitative estimate of drug-likeness (QED) is 0.436. The van der Waals surface area contributed by atoms with E-state index in [2.05, 4.69) is 25.3 Å². The molecular weight excluding hydrogens is 451 g/mol. The molecule has 5 rings (SSSR count). The fourth-order valence-electron chi connectivity index (χ4n) is 4.00. The van der Waals surface area contributed by atoms with Crippen LogP contribution in [0.5, 0.6) is 0 Å². The van der Waals surface area contributed by atoms with Crippen molar-refractivity contribution < 1.29 is 9.18 Å². The maximum absolute atomic E-state index is 14.4. The van der Waals surface area contributed by atoms with Crippen LogP contribution in [0.1, 0.15) is 22.5 Å². The molecule has 1 aliphatic rings. The van der Waals surface area contributed by atoms with Crippen LogP contribution in [-0.4, -0.2) is 50.4 Å². The van der Waals surface area contributed by atoms with Gasteiger partial charge in [-0.15, -0.1) is 11.3 Å². The largest absolute Gasteiger partial charge is 0.367 e. The minimum atomic E-state index is -0.521. The van der Waals surface area contributed by atoms with Gasteiger partial charge >= 0.3 is 0 Å². The lowest BCUT2D eigenvalue weighted by Crippen LogP contribution is -2.41. The number of nitrogens with one attached hydrogen (secondary N) is 2. The van der Waals surface area contributed by atoms with Crippen LogP contribution < -0.4 is 5.32 Å². The third kappa shape index (κ3) is 4.18. The lowest BCUT2D eigenvalue weighted by Gasteiger charge is -2.32. The Morgan fingerprint density at radius 2 is 2.28 bits per heavy atom. The Balaban J connectivity index is 1.30. The molecule has 0 radical (unpaired) electrons. The molecular formula is C22H20ClFN6OS. The van der Waals surface area contributed by atoms with Crippen molar-refractivity contribution in [1.29, 1.82) is 0 Å². The molecule has 1 aliphatic heterocycles. The van der Waals surface area contributed by atoms with Crippen LogP contribution in [0.3, 0.4) is 0 Å². The van der Waals surface area contributed by atoms with Crippen molar-refractivity contribution in [3.63, 3.8) is 0 Å². The van der Waals surface area contributed by atoms with E-state index in [1.165, 1.54) is 11.3 Å². The first-order valence-corrected chi connectivity index (χ1v) is 11.6. The standard InChI is InChI=1S/C22H20ClFN6OS/c23-14-7-15-16(10-27-19(15)26-9-14)20-28-11-17(24)21(29-20)25-8-13-3-1-5-30(12-13)22(31)18-4-2-6-32-18/h2,4,6-7,9-11,13H,1,3,5,8,12H2,(H,26,27)(H,25,28,29). The number of fused-ring (bicyclic) bond motifs is 1. The van der Waals surface area contributed by atoms with Gasteiger partial charge in [-0.05, 0) is 36.3 Å². The molecule has 0 aliphatic carbocycles. The Morgan fingerprint density at radius 3 is 3.12 bits per heavy atom. The van der Waals surface area contributed by atoms with Gasteiger partial charge in [0.1, 0.15) is 5.65 Å². The van der Waals surface area contributed by atoms with Crippen LogP contribution in [0.15, 0.2) is 42.2 Å². The second kappa shape index (κ2) is 8.84. The molecule has 32 heavy (non-hydrogen) atoms. The maximum Gasteiger partial charge on any atom is 0.263 e. The molecule has 1 amide bonds. The number of aromatic amines is 1. The summed E-state index contributed by atoms with van der Waals surface area (Å²) in [6, 6.07) is 5.50. The topological polar surface area (TPSA) is 86.8 Å². The number of halogens is 2. The number of H-pyrrole nitrogens is 1. The third-order valence-corrected chi connectivity index (χ3v) is 6.64. The summed E-state index contributed by atoms with van der Waals surface area (Å²) >= 11 is 7.53. The zero-order valence-electron chi connectivity index (χ0n) is 17.0. The van der Waals surface area contributed by atoms with Crippen molar-refractivity contribution in [1.82, 2.24) is 24.8 Å².